The maximum Gasteiger partial charge on any atom is 0.277 e. The van der Waals surface area contributed by atoms with Gasteiger partial charge >= 0.3 is 0 Å². The molecule has 2 rings (SSSR count). The number of aromatic nitrogens is 2. The summed E-state index contributed by atoms with van der Waals surface area (Å²) < 4.78 is 2.49. The Labute approximate surface area is 134 Å². The van der Waals surface area contributed by atoms with Crippen LogP contribution in [-0.2, 0) is 6.54 Å². The molecular weight excluding hydrogens is 400 g/mol. The Morgan fingerprint density at radius 3 is 2.84 bits per heavy atom. The molecule has 1 aromatic heterocycles. The number of nitrogens with zero attached hydrogens (tertiary/aromatic N) is 2. The smallest absolute Gasteiger partial charge is 0.277 e. The third kappa shape index (κ3) is 3.40. The van der Waals surface area contributed by atoms with Crippen molar-refractivity contribution in [2.75, 3.05) is 5.32 Å². The van der Waals surface area contributed by atoms with Crippen LogP contribution in [0.1, 0.15) is 17.4 Å². The number of hydrogen-bond donors (Lipinski definition) is 1. The van der Waals surface area contributed by atoms with E-state index in [1.54, 1.807) is 22.9 Å². The van der Waals surface area contributed by atoms with E-state index in [2.05, 4.69) is 33.0 Å². The Balaban J connectivity index is 2.25. The zero-order valence-corrected chi connectivity index (χ0v) is 13.6. The fourth-order valence-electron chi connectivity index (χ4n) is 1.49. The Morgan fingerprint density at radius 1 is 1.47 bits per heavy atom. The highest BCUT2D eigenvalue weighted by atomic mass is 127. The van der Waals surface area contributed by atoms with Crippen molar-refractivity contribution < 1.29 is 4.79 Å². The van der Waals surface area contributed by atoms with E-state index in [1.165, 1.54) is 0 Å². The minimum atomic E-state index is -0.305. The fourth-order valence-corrected chi connectivity index (χ4v) is 2.50. The molecule has 7 heteroatoms. The number of carbonyl (C=O) groups is 1. The van der Waals surface area contributed by atoms with Crippen molar-refractivity contribution in [2.45, 2.75) is 13.5 Å². The van der Waals surface area contributed by atoms with Crippen LogP contribution in [-0.4, -0.2) is 15.7 Å². The molecule has 0 atom stereocenters. The summed E-state index contributed by atoms with van der Waals surface area (Å²) in [6.07, 6.45) is 1.81. The predicted molar refractivity (Wildman–Crippen MR) is 85.0 cm³/mol. The normalized spacial score (nSPS) is 10.5. The molecule has 0 saturated carbocycles. The fraction of sp³-hybridized carbons (Fsp3) is 0.167. The van der Waals surface area contributed by atoms with E-state index in [-0.39, 0.29) is 5.91 Å². The summed E-state index contributed by atoms with van der Waals surface area (Å²) in [6, 6.07) is 4.90. The summed E-state index contributed by atoms with van der Waals surface area (Å²) in [5, 5.41) is 7.85. The molecule has 1 heterocycles. The summed E-state index contributed by atoms with van der Waals surface area (Å²) in [6.45, 7) is 2.67. The number of halogens is 3. The van der Waals surface area contributed by atoms with E-state index in [0.717, 1.165) is 3.57 Å². The summed E-state index contributed by atoms with van der Waals surface area (Å²) in [4.78, 5) is 12.1. The molecule has 100 valence electrons. The van der Waals surface area contributed by atoms with Crippen LogP contribution in [0.3, 0.4) is 0 Å². The number of anilines is 1. The topological polar surface area (TPSA) is 46.9 Å². The second-order valence-corrected chi connectivity index (χ2v) is 5.77. The van der Waals surface area contributed by atoms with Crippen molar-refractivity contribution in [3.63, 3.8) is 0 Å². The molecule has 1 aromatic carbocycles. The lowest BCUT2D eigenvalue weighted by atomic mass is 10.3. The number of amides is 1. The highest BCUT2D eigenvalue weighted by Crippen LogP contribution is 2.26. The maximum atomic E-state index is 12.1. The number of nitrogens with one attached hydrogen (secondary N) is 1. The molecule has 1 amide bonds. The molecule has 0 aliphatic heterocycles. The van der Waals surface area contributed by atoms with Gasteiger partial charge < -0.3 is 5.32 Å². The quantitative estimate of drug-likeness (QED) is 0.776. The highest BCUT2D eigenvalue weighted by Gasteiger charge is 2.16. The number of carbonyl (C=O) groups excluding carboxylic acids is 1. The number of rotatable bonds is 3. The predicted octanol–water partition coefficient (Wildman–Crippen LogP) is 4.07. The van der Waals surface area contributed by atoms with Crippen LogP contribution in [0.5, 0.6) is 0 Å². The molecule has 0 aliphatic carbocycles. The van der Waals surface area contributed by atoms with Gasteiger partial charge in [0.1, 0.15) is 0 Å². The summed E-state index contributed by atoms with van der Waals surface area (Å²) in [5.74, 6) is -0.305. The number of benzene rings is 1. The van der Waals surface area contributed by atoms with E-state index in [1.807, 2.05) is 13.1 Å². The molecule has 0 unspecified atom stereocenters. The standard InChI is InChI=1S/C12H10Cl2IN3O/c1-2-18-6-9(15)11(17-18)12(19)16-10-5-7(13)3-4-8(10)14/h3-6H,2H2,1H3,(H,16,19). The van der Waals surface area contributed by atoms with Crippen LogP contribution >= 0.6 is 45.8 Å². The average molecular weight is 410 g/mol. The van der Waals surface area contributed by atoms with Gasteiger partial charge in [-0.15, -0.1) is 0 Å². The van der Waals surface area contributed by atoms with Crippen molar-refractivity contribution in [2.24, 2.45) is 0 Å². The van der Waals surface area contributed by atoms with Gasteiger partial charge in [-0.2, -0.15) is 5.10 Å². The van der Waals surface area contributed by atoms with Crippen LogP contribution in [0.25, 0.3) is 0 Å². The zero-order valence-electron chi connectivity index (χ0n) is 9.95. The molecule has 4 nitrogen and oxygen atoms in total. The Bertz CT molecular complexity index is 627. The summed E-state index contributed by atoms with van der Waals surface area (Å²) in [5.41, 5.74) is 0.847. The molecular formula is C12H10Cl2IN3O. The molecule has 19 heavy (non-hydrogen) atoms. The first kappa shape index (κ1) is 14.6. The first-order valence-electron chi connectivity index (χ1n) is 5.50. The van der Waals surface area contributed by atoms with Gasteiger partial charge in [0.2, 0.25) is 0 Å². The van der Waals surface area contributed by atoms with Crippen LogP contribution < -0.4 is 5.32 Å². The maximum absolute atomic E-state index is 12.1. The third-order valence-corrected chi connectivity index (χ3v) is 3.79. The van der Waals surface area contributed by atoms with E-state index in [0.29, 0.717) is 28.0 Å². The number of aryl methyl sites for hydroxylation is 1. The third-order valence-electron chi connectivity index (χ3n) is 2.43. The Kier molecular flexibility index (Phi) is 4.70. The lowest BCUT2D eigenvalue weighted by molar-refractivity contribution is 0.102. The van der Waals surface area contributed by atoms with Gasteiger partial charge in [-0.05, 0) is 47.7 Å². The minimum absolute atomic E-state index is 0.305. The SMILES string of the molecule is CCn1cc(I)c(C(=O)Nc2cc(Cl)ccc2Cl)n1. The second-order valence-electron chi connectivity index (χ2n) is 3.76. The molecule has 2 aromatic rings. The Morgan fingerprint density at radius 2 is 2.21 bits per heavy atom. The van der Waals surface area contributed by atoms with Gasteiger partial charge in [0.15, 0.2) is 5.69 Å². The monoisotopic (exact) mass is 409 g/mol. The molecule has 0 radical (unpaired) electrons. The Hall–Kier alpha value is -0.790. The molecule has 0 saturated heterocycles. The van der Waals surface area contributed by atoms with Crippen molar-refractivity contribution in [1.29, 1.82) is 0 Å². The van der Waals surface area contributed by atoms with Crippen LogP contribution in [0.15, 0.2) is 24.4 Å². The van der Waals surface area contributed by atoms with Gasteiger partial charge in [0.25, 0.3) is 5.91 Å². The van der Waals surface area contributed by atoms with Crippen LogP contribution in [0, 0.1) is 3.57 Å². The lowest BCUT2D eigenvalue weighted by Gasteiger charge is -2.06. The van der Waals surface area contributed by atoms with E-state index < -0.39 is 0 Å². The van der Waals surface area contributed by atoms with Crippen molar-refractivity contribution in [1.82, 2.24) is 9.78 Å². The molecule has 0 spiro atoms. The second kappa shape index (κ2) is 6.11. The lowest BCUT2D eigenvalue weighted by Crippen LogP contribution is -2.14. The minimum Gasteiger partial charge on any atom is -0.319 e. The van der Waals surface area contributed by atoms with Crippen LogP contribution in [0.4, 0.5) is 5.69 Å². The van der Waals surface area contributed by atoms with E-state index in [9.17, 15) is 4.79 Å². The van der Waals surface area contributed by atoms with E-state index in [4.69, 9.17) is 23.2 Å². The van der Waals surface area contributed by atoms with E-state index >= 15 is 0 Å². The highest BCUT2D eigenvalue weighted by molar-refractivity contribution is 14.1. The van der Waals surface area contributed by atoms with Gasteiger partial charge in [0.05, 0.1) is 14.3 Å². The molecule has 0 aliphatic rings. The molecule has 0 bridgehead atoms. The average Bonchev–Trinajstić information content (AvgIpc) is 2.75. The first-order valence-corrected chi connectivity index (χ1v) is 7.34. The van der Waals surface area contributed by atoms with Crippen molar-refractivity contribution >= 4 is 57.4 Å². The summed E-state index contributed by atoms with van der Waals surface area (Å²) >= 11 is 13.9. The van der Waals surface area contributed by atoms with Gasteiger partial charge in [0, 0.05) is 17.8 Å². The molecule has 0 fully saturated rings. The molecule has 1 N–H and O–H groups in total. The van der Waals surface area contributed by atoms with Crippen molar-refractivity contribution in [3.05, 3.63) is 43.7 Å². The van der Waals surface area contributed by atoms with Gasteiger partial charge in [-0.3, -0.25) is 9.48 Å². The largest absolute Gasteiger partial charge is 0.319 e. The van der Waals surface area contributed by atoms with Gasteiger partial charge in [-0.25, -0.2) is 0 Å². The van der Waals surface area contributed by atoms with Gasteiger partial charge in [-0.1, -0.05) is 23.2 Å². The van der Waals surface area contributed by atoms with Crippen LogP contribution in [0.2, 0.25) is 10.0 Å². The summed E-state index contributed by atoms with van der Waals surface area (Å²) in [7, 11) is 0. The number of hydrogen-bond acceptors (Lipinski definition) is 2. The van der Waals surface area contributed by atoms with Crippen molar-refractivity contribution in [3.8, 4) is 0 Å². The zero-order chi connectivity index (χ0) is 14.0. The first-order chi connectivity index (χ1) is 9.01.